The molecule has 0 aliphatic carbocycles. The molecule has 0 spiro atoms. The summed E-state index contributed by atoms with van der Waals surface area (Å²) in [6.45, 7) is 2.90. The number of nitrogens with two attached hydrogens (primary N) is 1. The first-order valence-corrected chi connectivity index (χ1v) is 5.79. The molecule has 0 radical (unpaired) electrons. The molecule has 1 rings (SSSR count). The number of hydrogen-bond donors (Lipinski definition) is 3. The molecule has 1 aromatic rings. The lowest BCUT2D eigenvalue weighted by molar-refractivity contribution is -0.120. The van der Waals surface area contributed by atoms with Crippen LogP contribution in [0.3, 0.4) is 0 Å². The summed E-state index contributed by atoms with van der Waals surface area (Å²) in [5.41, 5.74) is 5.92. The summed E-state index contributed by atoms with van der Waals surface area (Å²) < 4.78 is 25.8. The Morgan fingerprint density at radius 2 is 1.94 bits per heavy atom. The lowest BCUT2D eigenvalue weighted by Gasteiger charge is -2.09. The molecular weight excluding hydrogens is 240 g/mol. The molecule has 0 atom stereocenters. The molecule has 0 aliphatic rings. The van der Waals surface area contributed by atoms with Crippen molar-refractivity contribution < 1.29 is 13.6 Å². The van der Waals surface area contributed by atoms with Crippen LogP contribution in [0.2, 0.25) is 0 Å². The fraction of sp³-hybridized carbons (Fsp3) is 0.417. The van der Waals surface area contributed by atoms with Gasteiger partial charge in [-0.2, -0.15) is 0 Å². The predicted molar refractivity (Wildman–Crippen MR) is 67.2 cm³/mol. The second-order valence-corrected chi connectivity index (χ2v) is 3.88. The molecule has 4 N–H and O–H groups in total. The van der Waals surface area contributed by atoms with Crippen LogP contribution in [0.15, 0.2) is 12.1 Å². The highest BCUT2D eigenvalue weighted by atomic mass is 19.2. The lowest BCUT2D eigenvalue weighted by Crippen LogP contribution is -2.26. The number of benzene rings is 1. The smallest absolute Gasteiger partial charge is 0.221 e. The van der Waals surface area contributed by atoms with Crippen molar-refractivity contribution in [3.63, 3.8) is 0 Å². The summed E-state index contributed by atoms with van der Waals surface area (Å²) in [6.07, 6.45) is 1.12. The maximum absolute atomic E-state index is 13.0. The van der Waals surface area contributed by atoms with Crippen LogP contribution < -0.4 is 16.4 Å². The van der Waals surface area contributed by atoms with Crippen LogP contribution in [-0.2, 0) is 4.79 Å². The van der Waals surface area contributed by atoms with Gasteiger partial charge in [0, 0.05) is 31.6 Å². The maximum Gasteiger partial charge on any atom is 0.221 e. The number of amides is 1. The standard InChI is InChI=1S/C12H17F2N3O/c1-2-4-17-12(18)3-5-16-11-7-9(14)8(13)6-10(11)15/h6-7,16H,2-5,15H2,1H3,(H,17,18). The third-order valence-electron chi connectivity index (χ3n) is 2.33. The topological polar surface area (TPSA) is 67.2 Å². The van der Waals surface area contributed by atoms with E-state index in [-0.39, 0.29) is 23.7 Å². The van der Waals surface area contributed by atoms with Gasteiger partial charge in [0.15, 0.2) is 11.6 Å². The highest BCUT2D eigenvalue weighted by molar-refractivity contribution is 5.76. The first kappa shape index (κ1) is 14.2. The first-order valence-electron chi connectivity index (χ1n) is 5.79. The fourth-order valence-electron chi connectivity index (χ4n) is 1.38. The Morgan fingerprint density at radius 1 is 1.28 bits per heavy atom. The van der Waals surface area contributed by atoms with Crippen molar-refractivity contribution in [1.29, 1.82) is 0 Å². The molecule has 0 bridgehead atoms. The zero-order valence-electron chi connectivity index (χ0n) is 10.2. The van der Waals surface area contributed by atoms with E-state index in [9.17, 15) is 13.6 Å². The third kappa shape index (κ3) is 4.20. The molecule has 0 saturated carbocycles. The minimum atomic E-state index is -0.987. The van der Waals surface area contributed by atoms with Gasteiger partial charge < -0.3 is 16.4 Å². The van der Waals surface area contributed by atoms with E-state index in [1.807, 2.05) is 6.92 Å². The van der Waals surface area contributed by atoms with Crippen molar-refractivity contribution in [2.24, 2.45) is 0 Å². The molecule has 6 heteroatoms. The molecule has 0 unspecified atom stereocenters. The Labute approximate surface area is 105 Å². The zero-order chi connectivity index (χ0) is 13.5. The molecule has 0 fully saturated rings. The Kier molecular flexibility index (Phi) is 5.35. The Morgan fingerprint density at radius 3 is 2.61 bits per heavy atom. The molecule has 1 amide bonds. The van der Waals surface area contributed by atoms with Crippen LogP contribution in [0.4, 0.5) is 20.2 Å². The van der Waals surface area contributed by atoms with E-state index in [0.29, 0.717) is 13.1 Å². The molecule has 100 valence electrons. The Bertz CT molecular complexity index is 424. The van der Waals surface area contributed by atoms with Gasteiger partial charge >= 0.3 is 0 Å². The van der Waals surface area contributed by atoms with Crippen LogP contribution in [0.5, 0.6) is 0 Å². The van der Waals surface area contributed by atoms with Gasteiger partial charge in [0.25, 0.3) is 0 Å². The van der Waals surface area contributed by atoms with Crippen molar-refractivity contribution in [1.82, 2.24) is 5.32 Å². The van der Waals surface area contributed by atoms with Gasteiger partial charge in [0.2, 0.25) is 5.91 Å². The first-order chi connectivity index (χ1) is 8.54. The number of rotatable bonds is 6. The number of hydrogen-bond acceptors (Lipinski definition) is 3. The minimum absolute atomic E-state index is 0.0921. The van der Waals surface area contributed by atoms with Crippen molar-refractivity contribution in [3.8, 4) is 0 Å². The number of halogens is 2. The average molecular weight is 257 g/mol. The number of nitrogen functional groups attached to an aromatic ring is 1. The number of anilines is 2. The number of nitrogens with one attached hydrogen (secondary N) is 2. The second kappa shape index (κ2) is 6.78. The lowest BCUT2D eigenvalue weighted by atomic mass is 10.2. The van der Waals surface area contributed by atoms with Gasteiger partial charge in [-0.1, -0.05) is 6.92 Å². The van der Waals surface area contributed by atoms with E-state index in [4.69, 9.17) is 5.73 Å². The SMILES string of the molecule is CCCNC(=O)CCNc1cc(F)c(F)cc1N. The molecule has 18 heavy (non-hydrogen) atoms. The van der Waals surface area contributed by atoms with Crippen LogP contribution in [0.25, 0.3) is 0 Å². The predicted octanol–water partition coefficient (Wildman–Crippen LogP) is 1.88. The van der Waals surface area contributed by atoms with Crippen LogP contribution in [0.1, 0.15) is 19.8 Å². The summed E-state index contributed by atoms with van der Waals surface area (Å²) in [5, 5.41) is 5.51. The van der Waals surface area contributed by atoms with E-state index in [2.05, 4.69) is 10.6 Å². The number of carbonyl (C=O) groups is 1. The summed E-state index contributed by atoms with van der Waals surface area (Å²) in [5.74, 6) is -2.05. The maximum atomic E-state index is 13.0. The Balaban J connectivity index is 2.44. The molecule has 0 aliphatic heterocycles. The Hall–Kier alpha value is -1.85. The highest BCUT2D eigenvalue weighted by Crippen LogP contribution is 2.21. The van der Waals surface area contributed by atoms with E-state index in [1.54, 1.807) is 0 Å². The number of carbonyl (C=O) groups excluding carboxylic acids is 1. The summed E-state index contributed by atoms with van der Waals surface area (Å²) in [4.78, 5) is 11.3. The van der Waals surface area contributed by atoms with E-state index >= 15 is 0 Å². The van der Waals surface area contributed by atoms with E-state index in [1.165, 1.54) is 0 Å². The van der Waals surface area contributed by atoms with Gasteiger partial charge in [0.1, 0.15) is 0 Å². The molecule has 4 nitrogen and oxygen atoms in total. The highest BCUT2D eigenvalue weighted by Gasteiger charge is 2.07. The molecule has 1 aromatic carbocycles. The summed E-state index contributed by atoms with van der Waals surface area (Å²) in [6, 6.07) is 1.89. The van der Waals surface area contributed by atoms with Gasteiger partial charge in [-0.3, -0.25) is 4.79 Å². The molecule has 0 saturated heterocycles. The van der Waals surface area contributed by atoms with Crippen LogP contribution >= 0.6 is 0 Å². The van der Waals surface area contributed by atoms with Crippen molar-refractivity contribution >= 4 is 17.3 Å². The summed E-state index contributed by atoms with van der Waals surface area (Å²) >= 11 is 0. The second-order valence-electron chi connectivity index (χ2n) is 3.88. The van der Waals surface area contributed by atoms with Crippen molar-refractivity contribution in [2.75, 3.05) is 24.1 Å². The fourth-order valence-corrected chi connectivity index (χ4v) is 1.38. The quantitative estimate of drug-likeness (QED) is 0.682. The largest absolute Gasteiger partial charge is 0.397 e. The zero-order valence-corrected chi connectivity index (χ0v) is 10.2. The minimum Gasteiger partial charge on any atom is -0.397 e. The third-order valence-corrected chi connectivity index (χ3v) is 2.33. The molecule has 0 aromatic heterocycles. The molecule has 0 heterocycles. The average Bonchev–Trinajstić information content (AvgIpc) is 2.33. The van der Waals surface area contributed by atoms with Gasteiger partial charge in [-0.15, -0.1) is 0 Å². The van der Waals surface area contributed by atoms with Gasteiger partial charge in [-0.05, 0) is 6.42 Å². The van der Waals surface area contributed by atoms with Gasteiger partial charge in [-0.25, -0.2) is 8.78 Å². The van der Waals surface area contributed by atoms with Crippen LogP contribution in [-0.4, -0.2) is 19.0 Å². The normalized spacial score (nSPS) is 10.2. The van der Waals surface area contributed by atoms with Crippen LogP contribution in [0, 0.1) is 11.6 Å². The van der Waals surface area contributed by atoms with Crippen molar-refractivity contribution in [3.05, 3.63) is 23.8 Å². The van der Waals surface area contributed by atoms with Crippen molar-refractivity contribution in [2.45, 2.75) is 19.8 Å². The molecular formula is C12H17F2N3O. The van der Waals surface area contributed by atoms with Gasteiger partial charge in [0.05, 0.1) is 11.4 Å². The summed E-state index contributed by atoms with van der Waals surface area (Å²) in [7, 11) is 0. The monoisotopic (exact) mass is 257 g/mol. The van der Waals surface area contributed by atoms with E-state index < -0.39 is 11.6 Å². The van der Waals surface area contributed by atoms with E-state index in [0.717, 1.165) is 18.6 Å².